The van der Waals surface area contributed by atoms with Crippen molar-refractivity contribution in [3.63, 3.8) is 0 Å². The fraction of sp³-hybridized carbons (Fsp3) is 0.600. The van der Waals surface area contributed by atoms with Gasteiger partial charge in [-0.05, 0) is 12.8 Å². The summed E-state index contributed by atoms with van der Waals surface area (Å²) < 4.78 is 0. The molecule has 14 heavy (non-hydrogen) atoms. The van der Waals surface area contributed by atoms with Crippen molar-refractivity contribution in [3.8, 4) is 0 Å². The van der Waals surface area contributed by atoms with E-state index >= 15 is 0 Å². The Kier molecular flexibility index (Phi) is 4.16. The Morgan fingerprint density at radius 1 is 1.14 bits per heavy atom. The van der Waals surface area contributed by atoms with Crippen molar-refractivity contribution in [1.29, 1.82) is 0 Å². The van der Waals surface area contributed by atoms with Gasteiger partial charge in [-0.25, -0.2) is 9.97 Å². The van der Waals surface area contributed by atoms with Crippen LogP contribution in [0.4, 0.5) is 11.6 Å². The molecule has 0 saturated carbocycles. The molecule has 0 saturated heterocycles. The lowest BCUT2D eigenvalue weighted by Gasteiger charge is -2.22. The van der Waals surface area contributed by atoms with Crippen LogP contribution in [0, 0.1) is 0 Å². The summed E-state index contributed by atoms with van der Waals surface area (Å²) in [6.07, 6.45) is 5.83. The molecule has 4 nitrogen and oxygen atoms in total. The summed E-state index contributed by atoms with van der Waals surface area (Å²) in [4.78, 5) is 10.3. The molecule has 0 fully saturated rings. The number of nitrogens with two attached hydrogens (primary N) is 1. The van der Waals surface area contributed by atoms with Gasteiger partial charge in [0, 0.05) is 13.1 Å². The predicted molar refractivity (Wildman–Crippen MR) is 59.2 cm³/mol. The van der Waals surface area contributed by atoms with Gasteiger partial charge in [-0.2, -0.15) is 0 Å². The van der Waals surface area contributed by atoms with Crippen LogP contribution in [0.15, 0.2) is 12.4 Å². The van der Waals surface area contributed by atoms with Crippen LogP contribution in [0.25, 0.3) is 0 Å². The third-order valence-corrected chi connectivity index (χ3v) is 2.01. The summed E-state index contributed by atoms with van der Waals surface area (Å²) in [6, 6.07) is 0. The van der Waals surface area contributed by atoms with Gasteiger partial charge in [0.05, 0.1) is 18.1 Å². The van der Waals surface area contributed by atoms with E-state index in [1.54, 1.807) is 12.4 Å². The molecule has 0 aromatic carbocycles. The number of nitrogen functional groups attached to an aromatic ring is 1. The van der Waals surface area contributed by atoms with Crippen molar-refractivity contribution < 1.29 is 0 Å². The first-order valence-electron chi connectivity index (χ1n) is 5.10. The second kappa shape index (κ2) is 5.42. The van der Waals surface area contributed by atoms with E-state index in [1.807, 2.05) is 0 Å². The second-order valence-corrected chi connectivity index (χ2v) is 3.29. The molecule has 0 unspecified atom stereocenters. The lowest BCUT2D eigenvalue weighted by molar-refractivity contribution is 0.741. The van der Waals surface area contributed by atoms with Gasteiger partial charge >= 0.3 is 0 Å². The number of nitrogens with zero attached hydrogens (tertiary/aromatic N) is 3. The van der Waals surface area contributed by atoms with Crippen molar-refractivity contribution >= 4 is 11.6 Å². The Morgan fingerprint density at radius 2 is 1.64 bits per heavy atom. The monoisotopic (exact) mass is 194 g/mol. The molecule has 1 aromatic heterocycles. The first kappa shape index (κ1) is 10.8. The lowest BCUT2D eigenvalue weighted by atomic mass is 10.3. The highest BCUT2D eigenvalue weighted by Gasteiger charge is 2.04. The van der Waals surface area contributed by atoms with Crippen molar-refractivity contribution in [2.45, 2.75) is 26.7 Å². The van der Waals surface area contributed by atoms with Crippen LogP contribution in [-0.4, -0.2) is 23.1 Å². The molecule has 0 aliphatic carbocycles. The molecule has 0 aliphatic heterocycles. The summed E-state index contributed by atoms with van der Waals surface area (Å²) in [7, 11) is 0. The Labute approximate surface area is 85.2 Å². The van der Waals surface area contributed by atoms with Gasteiger partial charge in [-0.3, -0.25) is 0 Å². The molecule has 0 amide bonds. The molecule has 0 bridgehead atoms. The largest absolute Gasteiger partial charge is 0.369 e. The Hall–Kier alpha value is -1.32. The standard InChI is InChI=1S/C10H18N4/c1-3-5-14(6-4-2)9-7-12-10(11)13-8-9/h7-8H,3-6H2,1-2H3,(H2,11,12,13). The first-order valence-corrected chi connectivity index (χ1v) is 5.10. The van der Waals surface area contributed by atoms with Crippen molar-refractivity contribution in [2.75, 3.05) is 23.7 Å². The average molecular weight is 194 g/mol. The van der Waals surface area contributed by atoms with E-state index in [-0.39, 0.29) is 0 Å². The van der Waals surface area contributed by atoms with Crippen LogP contribution < -0.4 is 10.6 Å². The summed E-state index contributed by atoms with van der Waals surface area (Å²) in [5, 5.41) is 0. The van der Waals surface area contributed by atoms with E-state index in [0.717, 1.165) is 31.6 Å². The minimum atomic E-state index is 0.335. The van der Waals surface area contributed by atoms with Crippen molar-refractivity contribution in [1.82, 2.24) is 9.97 Å². The fourth-order valence-corrected chi connectivity index (χ4v) is 1.40. The highest BCUT2D eigenvalue weighted by Crippen LogP contribution is 2.12. The normalized spacial score (nSPS) is 10.1. The van der Waals surface area contributed by atoms with Gasteiger partial charge in [0.1, 0.15) is 0 Å². The molecular weight excluding hydrogens is 176 g/mol. The smallest absolute Gasteiger partial charge is 0.220 e. The Bertz CT molecular complexity index is 251. The molecule has 4 heteroatoms. The molecule has 78 valence electrons. The number of hydrogen-bond acceptors (Lipinski definition) is 4. The summed E-state index contributed by atoms with van der Waals surface area (Å²) in [5.74, 6) is 0.335. The zero-order chi connectivity index (χ0) is 10.4. The zero-order valence-corrected chi connectivity index (χ0v) is 8.90. The van der Waals surface area contributed by atoms with E-state index in [2.05, 4.69) is 28.7 Å². The zero-order valence-electron chi connectivity index (χ0n) is 8.90. The van der Waals surface area contributed by atoms with E-state index in [9.17, 15) is 0 Å². The predicted octanol–water partition coefficient (Wildman–Crippen LogP) is 1.69. The summed E-state index contributed by atoms with van der Waals surface area (Å²) in [5.41, 5.74) is 6.49. The third kappa shape index (κ3) is 2.87. The topological polar surface area (TPSA) is 55.0 Å². The average Bonchev–Trinajstić information content (AvgIpc) is 2.19. The van der Waals surface area contributed by atoms with E-state index in [1.165, 1.54) is 0 Å². The van der Waals surface area contributed by atoms with Gasteiger partial charge < -0.3 is 10.6 Å². The molecule has 1 heterocycles. The highest BCUT2D eigenvalue weighted by atomic mass is 15.1. The van der Waals surface area contributed by atoms with Gasteiger partial charge in [0.15, 0.2) is 0 Å². The van der Waals surface area contributed by atoms with Gasteiger partial charge in [0.2, 0.25) is 5.95 Å². The van der Waals surface area contributed by atoms with Crippen molar-refractivity contribution in [2.24, 2.45) is 0 Å². The molecule has 1 rings (SSSR count). The van der Waals surface area contributed by atoms with E-state index < -0.39 is 0 Å². The maximum absolute atomic E-state index is 5.43. The van der Waals surface area contributed by atoms with Gasteiger partial charge in [-0.1, -0.05) is 13.8 Å². The highest BCUT2D eigenvalue weighted by molar-refractivity contribution is 5.43. The van der Waals surface area contributed by atoms with Gasteiger partial charge in [-0.15, -0.1) is 0 Å². The number of hydrogen-bond donors (Lipinski definition) is 1. The first-order chi connectivity index (χ1) is 6.77. The minimum absolute atomic E-state index is 0.335. The van der Waals surface area contributed by atoms with Crippen LogP contribution >= 0.6 is 0 Å². The molecule has 0 atom stereocenters. The molecule has 0 spiro atoms. The van der Waals surface area contributed by atoms with Crippen LogP contribution in [0.1, 0.15) is 26.7 Å². The Morgan fingerprint density at radius 3 is 2.07 bits per heavy atom. The number of rotatable bonds is 5. The molecular formula is C10H18N4. The SMILES string of the molecule is CCCN(CCC)c1cnc(N)nc1. The lowest BCUT2D eigenvalue weighted by Crippen LogP contribution is -2.25. The maximum atomic E-state index is 5.43. The molecule has 1 aromatic rings. The van der Waals surface area contributed by atoms with E-state index in [4.69, 9.17) is 5.73 Å². The maximum Gasteiger partial charge on any atom is 0.220 e. The van der Waals surface area contributed by atoms with Gasteiger partial charge in [0.25, 0.3) is 0 Å². The Balaban J connectivity index is 2.71. The van der Waals surface area contributed by atoms with Crippen molar-refractivity contribution in [3.05, 3.63) is 12.4 Å². The second-order valence-electron chi connectivity index (χ2n) is 3.29. The summed E-state index contributed by atoms with van der Waals surface area (Å²) in [6.45, 7) is 6.42. The van der Waals surface area contributed by atoms with Crippen LogP contribution in [0.3, 0.4) is 0 Å². The van der Waals surface area contributed by atoms with Crippen LogP contribution in [0.2, 0.25) is 0 Å². The van der Waals surface area contributed by atoms with Crippen LogP contribution in [-0.2, 0) is 0 Å². The van der Waals surface area contributed by atoms with E-state index in [0.29, 0.717) is 5.95 Å². The molecule has 0 aliphatic rings. The number of aromatic nitrogens is 2. The van der Waals surface area contributed by atoms with Crippen LogP contribution in [0.5, 0.6) is 0 Å². The summed E-state index contributed by atoms with van der Waals surface area (Å²) >= 11 is 0. The third-order valence-electron chi connectivity index (χ3n) is 2.01. The molecule has 0 radical (unpaired) electrons. The minimum Gasteiger partial charge on any atom is -0.369 e. The quantitative estimate of drug-likeness (QED) is 0.775. The molecule has 2 N–H and O–H groups in total. The fourth-order valence-electron chi connectivity index (χ4n) is 1.40. The number of anilines is 2.